The van der Waals surface area contributed by atoms with Crippen LogP contribution in [0.4, 0.5) is 5.69 Å². The Morgan fingerprint density at radius 2 is 1.84 bits per heavy atom. The van der Waals surface area contributed by atoms with Gasteiger partial charge in [0.15, 0.2) is 9.84 Å². The summed E-state index contributed by atoms with van der Waals surface area (Å²) < 4.78 is 25.2. The molecule has 2 aliphatic rings. The second-order valence-electron chi connectivity index (χ2n) is 4.63. The van der Waals surface area contributed by atoms with Crippen molar-refractivity contribution in [2.75, 3.05) is 4.90 Å². The Labute approximate surface area is 112 Å². The molecule has 1 aromatic rings. The average Bonchev–Trinajstić information content (AvgIpc) is 2.39. The maximum Gasteiger partial charge on any atom is 0.224 e. The van der Waals surface area contributed by atoms with Crippen molar-refractivity contribution in [3.8, 4) is 0 Å². The maximum atomic E-state index is 12.6. The smallest absolute Gasteiger partial charge is 0.224 e. The number of fused-ring (bicyclic) bond motifs is 2. The van der Waals surface area contributed by atoms with E-state index in [1.165, 1.54) is 6.92 Å². The number of nitrogens with zero attached hydrogens (tertiary/aromatic N) is 1. The molecule has 0 aromatic heterocycles. The maximum absolute atomic E-state index is 12.6. The molecule has 2 unspecified atom stereocenters. The fraction of sp³-hybridized carbons (Fsp3) is 0.214. The average molecular weight is 275 g/mol. The molecule has 3 rings (SSSR count). The minimum atomic E-state index is -3.44. The highest BCUT2D eigenvalue weighted by atomic mass is 32.2. The van der Waals surface area contributed by atoms with Crippen LogP contribution < -0.4 is 4.90 Å². The van der Waals surface area contributed by atoms with Crippen LogP contribution >= 0.6 is 0 Å². The molecular formula is C14H13NO3S. The molecule has 0 spiro atoms. The number of carbonyl (C=O) groups is 1. The van der Waals surface area contributed by atoms with E-state index in [-0.39, 0.29) is 10.8 Å². The molecule has 1 amide bonds. The molecule has 0 fully saturated rings. The Bertz CT molecular complexity index is 703. The summed E-state index contributed by atoms with van der Waals surface area (Å²) in [6, 6.07) is 6.20. The molecule has 1 heterocycles. The predicted octanol–water partition coefficient (Wildman–Crippen LogP) is 1.69. The quantitative estimate of drug-likeness (QED) is 0.724. The van der Waals surface area contributed by atoms with Crippen LogP contribution in [-0.4, -0.2) is 25.6 Å². The van der Waals surface area contributed by atoms with Crippen LogP contribution in [0.2, 0.25) is 0 Å². The van der Waals surface area contributed by atoms with Gasteiger partial charge in [0.1, 0.15) is 5.25 Å². The zero-order valence-electron chi connectivity index (χ0n) is 10.4. The third kappa shape index (κ3) is 1.65. The lowest BCUT2D eigenvalue weighted by atomic mass is 10.0. The summed E-state index contributed by atoms with van der Waals surface area (Å²) in [6.45, 7) is 1.46. The number of sulfone groups is 1. The first kappa shape index (κ1) is 12.2. The summed E-state index contributed by atoms with van der Waals surface area (Å²) in [7, 11) is -3.44. The lowest BCUT2D eigenvalue weighted by molar-refractivity contribution is -0.116. The van der Waals surface area contributed by atoms with Gasteiger partial charge in [0.2, 0.25) is 5.91 Å². The number of hydrogen-bond acceptors (Lipinski definition) is 3. The molecule has 19 heavy (non-hydrogen) atoms. The summed E-state index contributed by atoms with van der Waals surface area (Å²) in [6.07, 6.45) is 6.90. The summed E-state index contributed by atoms with van der Waals surface area (Å²) in [5, 5.41) is -0.698. The number of anilines is 1. The number of rotatable bonds is 0. The van der Waals surface area contributed by atoms with Gasteiger partial charge >= 0.3 is 0 Å². The summed E-state index contributed by atoms with van der Waals surface area (Å²) in [5.74, 6) is -0.155. The molecule has 0 saturated heterocycles. The molecule has 2 atom stereocenters. The first-order valence-corrected chi connectivity index (χ1v) is 7.56. The Balaban J connectivity index is 2.31. The van der Waals surface area contributed by atoms with Crippen molar-refractivity contribution < 1.29 is 13.2 Å². The van der Waals surface area contributed by atoms with Gasteiger partial charge in [0.05, 0.1) is 16.6 Å². The topological polar surface area (TPSA) is 54.5 Å². The summed E-state index contributed by atoms with van der Waals surface area (Å²) >= 11 is 0. The van der Waals surface area contributed by atoms with Crippen molar-refractivity contribution in [1.29, 1.82) is 0 Å². The van der Waals surface area contributed by atoms with Crippen LogP contribution in [0.5, 0.6) is 0 Å². The number of allylic oxidation sites excluding steroid dienone is 2. The highest BCUT2D eigenvalue weighted by Gasteiger charge is 2.44. The van der Waals surface area contributed by atoms with Crippen molar-refractivity contribution in [3.63, 3.8) is 0 Å². The van der Waals surface area contributed by atoms with Gasteiger partial charge in [-0.2, -0.15) is 0 Å². The molecule has 98 valence electrons. The summed E-state index contributed by atoms with van der Waals surface area (Å²) in [5.41, 5.74) is 0.469. The monoisotopic (exact) mass is 275 g/mol. The van der Waals surface area contributed by atoms with Crippen molar-refractivity contribution >= 4 is 21.4 Å². The van der Waals surface area contributed by atoms with Gasteiger partial charge in [-0.3, -0.25) is 4.79 Å². The first-order chi connectivity index (χ1) is 9.03. The Morgan fingerprint density at radius 3 is 2.58 bits per heavy atom. The molecule has 0 N–H and O–H groups in total. The van der Waals surface area contributed by atoms with Crippen molar-refractivity contribution in [3.05, 3.63) is 48.6 Å². The van der Waals surface area contributed by atoms with Crippen LogP contribution in [0.1, 0.15) is 6.92 Å². The van der Waals surface area contributed by atoms with E-state index in [0.29, 0.717) is 5.69 Å². The number of benzene rings is 1. The second kappa shape index (κ2) is 4.06. The highest BCUT2D eigenvalue weighted by molar-refractivity contribution is 7.92. The predicted molar refractivity (Wildman–Crippen MR) is 72.6 cm³/mol. The molecule has 1 aliphatic carbocycles. The molecule has 5 heteroatoms. The van der Waals surface area contributed by atoms with Crippen molar-refractivity contribution in [1.82, 2.24) is 0 Å². The third-order valence-electron chi connectivity index (χ3n) is 3.48. The van der Waals surface area contributed by atoms with Crippen molar-refractivity contribution in [2.45, 2.75) is 23.1 Å². The van der Waals surface area contributed by atoms with Gasteiger partial charge in [-0.1, -0.05) is 36.4 Å². The number of para-hydroxylation sites is 1. The zero-order chi connectivity index (χ0) is 13.6. The van der Waals surface area contributed by atoms with Crippen LogP contribution in [0.15, 0.2) is 53.5 Å². The Kier molecular flexibility index (Phi) is 2.60. The van der Waals surface area contributed by atoms with E-state index >= 15 is 0 Å². The number of amides is 1. The van der Waals surface area contributed by atoms with Gasteiger partial charge < -0.3 is 4.90 Å². The SMILES string of the molecule is CC(=O)N1c2ccccc2S(=O)(=O)C2C=CC=CC21. The molecule has 1 aliphatic heterocycles. The van der Waals surface area contributed by atoms with E-state index in [9.17, 15) is 13.2 Å². The number of carbonyl (C=O) groups excluding carboxylic acids is 1. The lowest BCUT2D eigenvalue weighted by Gasteiger charge is -2.39. The van der Waals surface area contributed by atoms with Crippen LogP contribution in [-0.2, 0) is 14.6 Å². The third-order valence-corrected chi connectivity index (χ3v) is 5.59. The van der Waals surface area contributed by atoms with Crippen LogP contribution in [0.3, 0.4) is 0 Å². The number of hydrogen-bond donors (Lipinski definition) is 0. The minimum absolute atomic E-state index is 0.155. The first-order valence-electron chi connectivity index (χ1n) is 6.01. The largest absolute Gasteiger partial charge is 0.303 e. The molecule has 0 saturated carbocycles. The van der Waals surface area contributed by atoms with Crippen LogP contribution in [0, 0.1) is 0 Å². The van der Waals surface area contributed by atoms with Gasteiger partial charge in [-0.25, -0.2) is 8.42 Å². The van der Waals surface area contributed by atoms with E-state index in [1.54, 1.807) is 53.5 Å². The van der Waals surface area contributed by atoms with E-state index in [0.717, 1.165) is 0 Å². The van der Waals surface area contributed by atoms with Gasteiger partial charge in [0.25, 0.3) is 0 Å². The fourth-order valence-corrected chi connectivity index (χ4v) is 4.58. The molecule has 0 radical (unpaired) electrons. The normalized spacial score (nSPS) is 26.7. The van der Waals surface area contributed by atoms with Crippen LogP contribution in [0.25, 0.3) is 0 Å². The summed E-state index contributed by atoms with van der Waals surface area (Å²) in [4.78, 5) is 13.7. The zero-order valence-corrected chi connectivity index (χ0v) is 11.2. The van der Waals surface area contributed by atoms with Gasteiger partial charge in [0, 0.05) is 6.92 Å². The Hall–Kier alpha value is -1.88. The van der Waals surface area contributed by atoms with E-state index < -0.39 is 21.1 Å². The molecular weight excluding hydrogens is 262 g/mol. The van der Waals surface area contributed by atoms with E-state index in [1.807, 2.05) is 0 Å². The Morgan fingerprint density at radius 1 is 1.16 bits per heavy atom. The molecule has 4 nitrogen and oxygen atoms in total. The van der Waals surface area contributed by atoms with Crippen molar-refractivity contribution in [2.24, 2.45) is 0 Å². The van der Waals surface area contributed by atoms with E-state index in [4.69, 9.17) is 0 Å². The second-order valence-corrected chi connectivity index (χ2v) is 6.70. The van der Waals surface area contributed by atoms with Gasteiger partial charge in [-0.15, -0.1) is 0 Å². The minimum Gasteiger partial charge on any atom is -0.303 e. The van der Waals surface area contributed by atoms with Gasteiger partial charge in [-0.05, 0) is 12.1 Å². The molecule has 1 aromatic carbocycles. The lowest BCUT2D eigenvalue weighted by Crippen LogP contribution is -2.52. The standard InChI is InChI=1S/C14H13NO3S/c1-10(16)15-11-6-2-4-8-13(11)19(17,18)14-9-5-3-7-12(14)15/h2-9,11,13H,1H3. The fourth-order valence-electron chi connectivity index (χ4n) is 2.68. The van der Waals surface area contributed by atoms with E-state index in [2.05, 4.69) is 0 Å². The highest BCUT2D eigenvalue weighted by Crippen LogP contribution is 2.39. The molecule has 0 bridgehead atoms.